The number of halogens is 10. The molecule has 10 heteroatoms. The van der Waals surface area contributed by atoms with Crippen molar-refractivity contribution in [3.05, 3.63) is 0 Å². The molecule has 98 valence electrons. The van der Waals surface area contributed by atoms with Gasteiger partial charge in [0, 0.05) is 22.6 Å². The van der Waals surface area contributed by atoms with Crippen LogP contribution < -0.4 is 0 Å². The van der Waals surface area contributed by atoms with Crippen LogP contribution in [0.25, 0.3) is 0 Å². The Kier molecular flexibility index (Phi) is 5.15. The number of hydrogen-bond donors (Lipinski definition) is 0. The van der Waals surface area contributed by atoms with Gasteiger partial charge in [0.25, 0.3) is 5.92 Å². The second-order valence-electron chi connectivity index (χ2n) is 3.03. The fourth-order valence-electron chi connectivity index (χ4n) is 0.781. The highest BCUT2D eigenvalue weighted by atomic mass is 127. The second-order valence-corrected chi connectivity index (χ2v) is 5.96. The Labute approximate surface area is 112 Å². The van der Waals surface area contributed by atoms with Gasteiger partial charge in [-0.05, 0) is 22.6 Å². The normalized spacial score (nSPS) is 15.4. The van der Waals surface area contributed by atoms with Gasteiger partial charge in [-0.1, -0.05) is 0 Å². The van der Waals surface area contributed by atoms with Gasteiger partial charge in [-0.2, -0.15) is 26.3 Å². The lowest BCUT2D eigenvalue weighted by atomic mass is 10.1. The molecular formula is C6H4F8I2. The van der Waals surface area contributed by atoms with Gasteiger partial charge in [0.15, 0.2) is 0 Å². The minimum absolute atomic E-state index is 0.00939. The molecule has 0 N–H and O–H groups in total. The third-order valence-electron chi connectivity index (χ3n) is 1.35. The van der Waals surface area contributed by atoms with Gasteiger partial charge in [-0.3, -0.25) is 0 Å². The molecule has 0 radical (unpaired) electrons. The third kappa shape index (κ3) is 6.00. The predicted octanol–water partition coefficient (Wildman–Crippen LogP) is 5.09. The maximum Gasteiger partial charge on any atom is 0.358 e. The summed E-state index contributed by atoms with van der Waals surface area (Å²) in [4.78, 5) is 0. The molecule has 0 nitrogen and oxygen atoms in total. The lowest BCUT2D eigenvalue weighted by Crippen LogP contribution is -2.41. The highest BCUT2D eigenvalue weighted by molar-refractivity contribution is 14.1. The maximum absolute atomic E-state index is 12.6. The summed E-state index contributed by atoms with van der Waals surface area (Å²) in [6.45, 7) is 0. The van der Waals surface area contributed by atoms with Gasteiger partial charge >= 0.3 is 13.8 Å². The van der Waals surface area contributed by atoms with Crippen LogP contribution in [0.4, 0.5) is 35.1 Å². The average Bonchev–Trinajstić information content (AvgIpc) is 1.72. The van der Waals surface area contributed by atoms with Crippen LogP contribution in [0.15, 0.2) is 0 Å². The van der Waals surface area contributed by atoms with E-state index >= 15 is 0 Å². The third-order valence-corrected chi connectivity index (χ3v) is 2.52. The molecule has 0 amide bonds. The second kappa shape index (κ2) is 4.88. The molecule has 0 saturated carbocycles. The van der Waals surface area contributed by atoms with Crippen molar-refractivity contribution < 1.29 is 35.1 Å². The van der Waals surface area contributed by atoms with Crippen molar-refractivity contribution in [2.45, 2.75) is 32.5 Å². The molecule has 0 unspecified atom stereocenters. The molecular weight excluding hydrogens is 478 g/mol. The minimum Gasteiger partial charge on any atom is -0.206 e. The van der Waals surface area contributed by atoms with Crippen LogP contribution in [-0.4, -0.2) is 19.7 Å². The van der Waals surface area contributed by atoms with Gasteiger partial charge < -0.3 is 0 Å². The van der Waals surface area contributed by atoms with Gasteiger partial charge in [0.05, 0.1) is 12.8 Å². The molecule has 0 rings (SSSR count). The Hall–Kier alpha value is 0.900. The number of hydrogen-bond acceptors (Lipinski definition) is 0. The molecule has 0 fully saturated rings. The van der Waals surface area contributed by atoms with Crippen LogP contribution in [-0.2, 0) is 0 Å². The van der Waals surface area contributed by atoms with E-state index in [1.807, 2.05) is 0 Å². The van der Waals surface area contributed by atoms with E-state index in [-0.39, 0.29) is 22.6 Å². The summed E-state index contributed by atoms with van der Waals surface area (Å²) in [7, 11) is 0. The van der Waals surface area contributed by atoms with Crippen LogP contribution in [0.2, 0.25) is 0 Å². The Balaban J connectivity index is 4.72. The summed E-state index contributed by atoms with van der Waals surface area (Å²) in [5, 5.41) is 0. The first-order valence-electron chi connectivity index (χ1n) is 3.55. The number of alkyl halides is 10. The summed E-state index contributed by atoms with van der Waals surface area (Å²) in [5.41, 5.74) is 0. The smallest absolute Gasteiger partial charge is 0.206 e. The molecule has 0 aliphatic carbocycles. The molecule has 0 aliphatic rings. The Morgan fingerprint density at radius 3 is 1.31 bits per heavy atom. The zero-order chi connectivity index (χ0) is 13.4. The largest absolute Gasteiger partial charge is 0.358 e. The van der Waals surface area contributed by atoms with E-state index in [0.29, 0.717) is 22.6 Å². The van der Waals surface area contributed by atoms with Crippen LogP contribution in [0.3, 0.4) is 0 Å². The molecule has 0 saturated heterocycles. The molecule has 0 bridgehead atoms. The van der Waals surface area contributed by atoms with Crippen LogP contribution >= 0.6 is 45.2 Å². The van der Waals surface area contributed by atoms with Crippen molar-refractivity contribution >= 4 is 45.2 Å². The van der Waals surface area contributed by atoms with Crippen molar-refractivity contribution in [1.29, 1.82) is 0 Å². The molecule has 0 aliphatic heterocycles. The van der Waals surface area contributed by atoms with Crippen LogP contribution in [0, 0.1) is 0 Å². The zero-order valence-corrected chi connectivity index (χ0v) is 11.5. The lowest BCUT2D eigenvalue weighted by molar-refractivity contribution is -0.195. The molecule has 16 heavy (non-hydrogen) atoms. The minimum atomic E-state index is -5.04. The summed E-state index contributed by atoms with van der Waals surface area (Å²) < 4.78 is 90.4. The first-order valence-corrected chi connectivity index (χ1v) is 5.71. The van der Waals surface area contributed by atoms with Crippen LogP contribution in [0.5, 0.6) is 0 Å². The average molecular weight is 482 g/mol. The summed E-state index contributed by atoms with van der Waals surface area (Å²) >= 11 is 0.317. The van der Waals surface area contributed by atoms with Gasteiger partial charge in [0.1, 0.15) is 0 Å². The Morgan fingerprint density at radius 1 is 0.688 bits per heavy atom. The van der Waals surface area contributed by atoms with Gasteiger partial charge in [-0.15, -0.1) is 0 Å². The summed E-state index contributed by atoms with van der Waals surface area (Å²) in [5.74, 6) is -9.61. The van der Waals surface area contributed by atoms with E-state index in [2.05, 4.69) is 0 Å². The molecule has 0 aromatic carbocycles. The van der Waals surface area contributed by atoms with E-state index in [4.69, 9.17) is 0 Å². The monoisotopic (exact) mass is 482 g/mol. The molecule has 0 aromatic rings. The zero-order valence-electron chi connectivity index (χ0n) is 7.19. The highest BCUT2D eigenvalue weighted by Crippen LogP contribution is 2.48. The van der Waals surface area contributed by atoms with Crippen molar-refractivity contribution in [2.24, 2.45) is 0 Å². The first kappa shape index (κ1) is 16.9. The van der Waals surface area contributed by atoms with Crippen molar-refractivity contribution in [2.75, 3.05) is 0 Å². The topological polar surface area (TPSA) is 0 Å². The van der Waals surface area contributed by atoms with E-state index in [1.165, 1.54) is 0 Å². The van der Waals surface area contributed by atoms with Crippen molar-refractivity contribution in [3.8, 4) is 0 Å². The van der Waals surface area contributed by atoms with Gasteiger partial charge in [0.2, 0.25) is 0 Å². The molecule has 0 aromatic heterocycles. The molecule has 0 heterocycles. The summed E-state index contributed by atoms with van der Waals surface area (Å²) in [6, 6.07) is 0. The lowest BCUT2D eigenvalue weighted by Gasteiger charge is -2.27. The Bertz CT molecular complexity index is 240. The van der Waals surface area contributed by atoms with Crippen molar-refractivity contribution in [1.82, 2.24) is 0 Å². The molecule has 0 atom stereocenters. The van der Waals surface area contributed by atoms with E-state index in [1.54, 1.807) is 0 Å². The fourth-order valence-corrected chi connectivity index (χ4v) is 1.53. The van der Waals surface area contributed by atoms with Gasteiger partial charge in [-0.25, -0.2) is 8.78 Å². The molecule has 0 spiro atoms. The van der Waals surface area contributed by atoms with E-state index in [0.717, 1.165) is 0 Å². The van der Waals surface area contributed by atoms with Crippen LogP contribution in [0.1, 0.15) is 12.8 Å². The van der Waals surface area contributed by atoms with E-state index in [9.17, 15) is 35.1 Å². The first-order chi connectivity index (χ1) is 6.66. The number of rotatable bonds is 5. The quantitative estimate of drug-likeness (QED) is 0.291. The summed E-state index contributed by atoms with van der Waals surface area (Å²) in [6.07, 6.45) is -4.82. The van der Waals surface area contributed by atoms with Crippen molar-refractivity contribution in [3.63, 3.8) is 0 Å². The maximum atomic E-state index is 12.6. The standard InChI is InChI=1S/C6H4F8I2/c7-3(8,2-5(11,12)15)1-4(9,10)6(13,14)16/h1-2H2. The fraction of sp³-hybridized carbons (Fsp3) is 1.00. The van der Waals surface area contributed by atoms with E-state index < -0.39 is 32.5 Å². The predicted molar refractivity (Wildman–Crippen MR) is 57.1 cm³/mol. The Morgan fingerprint density at radius 2 is 1.06 bits per heavy atom. The highest BCUT2D eigenvalue weighted by Gasteiger charge is 2.60. The SMILES string of the molecule is FC(F)(I)CC(F)(F)CC(F)(F)C(F)(F)I.